The summed E-state index contributed by atoms with van der Waals surface area (Å²) in [6, 6.07) is 4.61. The fourth-order valence-electron chi connectivity index (χ4n) is 3.46. The lowest BCUT2D eigenvalue weighted by molar-refractivity contribution is -0.118. The van der Waals surface area contributed by atoms with E-state index in [-0.39, 0.29) is 57.5 Å². The van der Waals surface area contributed by atoms with Crippen LogP contribution in [-0.2, 0) is 11.3 Å². The minimum atomic E-state index is -0.535. The second kappa shape index (κ2) is 8.20. The van der Waals surface area contributed by atoms with Crippen molar-refractivity contribution >= 4 is 57.6 Å². The van der Waals surface area contributed by atoms with E-state index in [0.717, 1.165) is 12.8 Å². The first kappa shape index (κ1) is 21.1. The fourth-order valence-corrected chi connectivity index (χ4v) is 3.85. The van der Waals surface area contributed by atoms with Gasteiger partial charge in [0.1, 0.15) is 16.7 Å². The summed E-state index contributed by atoms with van der Waals surface area (Å²) < 4.78 is 1.43. The van der Waals surface area contributed by atoms with Gasteiger partial charge in [-0.1, -0.05) is 29.3 Å². The van der Waals surface area contributed by atoms with Gasteiger partial charge in [-0.15, -0.1) is 0 Å². The Labute approximate surface area is 186 Å². The summed E-state index contributed by atoms with van der Waals surface area (Å²) >= 11 is 12.5. The number of nitrogens with zero attached hydrogens (tertiary/aromatic N) is 4. The number of carbonyl (C=O) groups is 1. The van der Waals surface area contributed by atoms with Gasteiger partial charge in [-0.2, -0.15) is 9.97 Å². The molecule has 1 fully saturated rings. The Hall–Kier alpha value is -3.11. The summed E-state index contributed by atoms with van der Waals surface area (Å²) in [5.74, 6) is 0.295. The number of fused-ring (bicyclic) bond motifs is 1. The van der Waals surface area contributed by atoms with Crippen molar-refractivity contribution in [2.75, 3.05) is 16.8 Å². The average Bonchev–Trinajstić information content (AvgIpc) is 3.53. The summed E-state index contributed by atoms with van der Waals surface area (Å²) in [6.07, 6.45) is 1.78. The summed E-state index contributed by atoms with van der Waals surface area (Å²) in [5, 5.41) is 3.91. The Kier molecular flexibility index (Phi) is 5.59. The lowest BCUT2D eigenvalue weighted by Gasteiger charge is -2.23. The maximum absolute atomic E-state index is 13.3. The van der Waals surface area contributed by atoms with Crippen LogP contribution in [0.25, 0.3) is 10.9 Å². The van der Waals surface area contributed by atoms with E-state index in [1.165, 1.54) is 4.57 Å². The maximum Gasteiger partial charge on any atom is 0.262 e. The van der Waals surface area contributed by atoms with E-state index in [1.54, 1.807) is 18.2 Å². The van der Waals surface area contributed by atoms with E-state index >= 15 is 0 Å². The third-order valence-electron chi connectivity index (χ3n) is 5.10. The van der Waals surface area contributed by atoms with Crippen LogP contribution in [0.4, 0.5) is 17.6 Å². The van der Waals surface area contributed by atoms with E-state index in [4.69, 9.17) is 45.4 Å². The maximum atomic E-state index is 13.3. The van der Waals surface area contributed by atoms with Crippen molar-refractivity contribution in [3.05, 3.63) is 44.4 Å². The first-order valence-electron chi connectivity index (χ1n) is 9.58. The third-order valence-corrected chi connectivity index (χ3v) is 5.79. The van der Waals surface area contributed by atoms with Crippen molar-refractivity contribution in [1.82, 2.24) is 19.5 Å². The van der Waals surface area contributed by atoms with E-state index in [0.29, 0.717) is 11.3 Å². The Bertz CT molecular complexity index is 1240. The van der Waals surface area contributed by atoms with Gasteiger partial charge in [-0.25, -0.2) is 4.98 Å². The zero-order valence-corrected chi connectivity index (χ0v) is 17.8. The summed E-state index contributed by atoms with van der Waals surface area (Å²) in [6.45, 7) is 0.0599. The molecule has 1 atom stereocenters. The normalized spacial score (nSPS) is 14.5. The number of nitrogen functional groups attached to an aromatic ring is 2. The number of hydrogen-bond donors (Lipinski definition) is 4. The number of hydrogen-bond acceptors (Lipinski definition) is 8. The van der Waals surface area contributed by atoms with Crippen LogP contribution in [0.2, 0.25) is 10.0 Å². The second-order valence-electron chi connectivity index (χ2n) is 7.37. The predicted molar refractivity (Wildman–Crippen MR) is 120 cm³/mol. The Morgan fingerprint density at radius 1 is 1.23 bits per heavy atom. The van der Waals surface area contributed by atoms with Crippen LogP contribution in [0.15, 0.2) is 23.0 Å². The van der Waals surface area contributed by atoms with Gasteiger partial charge >= 0.3 is 0 Å². The van der Waals surface area contributed by atoms with Gasteiger partial charge < -0.3 is 22.5 Å². The highest BCUT2D eigenvalue weighted by Gasteiger charge is 2.36. The lowest BCUT2D eigenvalue weighted by atomic mass is 10.1. The molecule has 0 unspecified atom stereocenters. The number of aromatic nitrogens is 4. The number of halogens is 2. The molecule has 0 spiro atoms. The molecule has 1 saturated carbocycles. The molecule has 1 aliphatic carbocycles. The molecule has 1 aliphatic rings. The van der Waals surface area contributed by atoms with Gasteiger partial charge in [0.2, 0.25) is 11.9 Å². The van der Waals surface area contributed by atoms with Gasteiger partial charge in [0.05, 0.1) is 22.0 Å². The molecule has 0 saturated heterocycles. The molecule has 7 N–H and O–H groups in total. The number of nitrogens with two attached hydrogens (primary N) is 3. The Morgan fingerprint density at radius 2 is 1.97 bits per heavy atom. The Balaban J connectivity index is 1.88. The largest absolute Gasteiger partial charge is 0.382 e. The van der Waals surface area contributed by atoms with E-state index < -0.39 is 11.9 Å². The molecule has 2 aromatic heterocycles. The number of anilines is 3. The summed E-state index contributed by atoms with van der Waals surface area (Å²) in [7, 11) is 0. The van der Waals surface area contributed by atoms with Crippen LogP contribution in [0.3, 0.4) is 0 Å². The molecule has 10 nitrogen and oxygen atoms in total. The smallest absolute Gasteiger partial charge is 0.262 e. The van der Waals surface area contributed by atoms with Crippen molar-refractivity contribution in [2.24, 2.45) is 11.7 Å². The average molecular weight is 463 g/mol. The number of nitrogens with one attached hydrogen (secondary N) is 1. The molecule has 3 aromatic rings. The minimum Gasteiger partial charge on any atom is -0.382 e. The monoisotopic (exact) mass is 462 g/mol. The van der Waals surface area contributed by atoms with E-state index in [1.807, 2.05) is 0 Å². The molecule has 31 heavy (non-hydrogen) atoms. The molecule has 12 heteroatoms. The molecular formula is C19H20Cl2N8O2. The highest BCUT2D eigenvalue weighted by atomic mass is 35.5. The number of carbonyl (C=O) groups excluding carboxylic acids is 1. The van der Waals surface area contributed by atoms with Gasteiger partial charge in [0.15, 0.2) is 5.82 Å². The van der Waals surface area contributed by atoms with Gasteiger partial charge in [-0.05, 0) is 30.9 Å². The van der Waals surface area contributed by atoms with Gasteiger partial charge in [0.25, 0.3) is 5.56 Å². The molecule has 1 aromatic carbocycles. The first-order chi connectivity index (χ1) is 14.8. The number of primary amides is 1. The van der Waals surface area contributed by atoms with Crippen LogP contribution < -0.4 is 28.1 Å². The highest BCUT2D eigenvalue weighted by Crippen LogP contribution is 2.43. The summed E-state index contributed by atoms with van der Waals surface area (Å²) in [4.78, 5) is 37.5. The zero-order chi connectivity index (χ0) is 22.3. The van der Waals surface area contributed by atoms with Crippen LogP contribution in [-0.4, -0.2) is 25.4 Å². The number of rotatable bonds is 7. The standard InChI is InChI=1S/C19H20Cl2N8O2/c20-9-2-1-3-10-12(9)18(31)29(7-6-11(22)30)17(25-10)14(8-4-5-8)26-16-13(21)15(23)27-19(24)28-16/h1-3,8,14H,4-7H2,(H2,22,30)(H5,23,24,26,27,28)/t14-/m0/s1. The van der Waals surface area contributed by atoms with Crippen molar-refractivity contribution < 1.29 is 4.79 Å². The molecule has 1 amide bonds. The number of benzene rings is 1. The van der Waals surface area contributed by atoms with Crippen LogP contribution in [0, 0.1) is 5.92 Å². The number of amides is 1. The topological polar surface area (TPSA) is 168 Å². The van der Waals surface area contributed by atoms with Crippen LogP contribution >= 0.6 is 23.2 Å². The lowest BCUT2D eigenvalue weighted by Crippen LogP contribution is -2.32. The van der Waals surface area contributed by atoms with E-state index in [2.05, 4.69) is 15.3 Å². The molecule has 4 rings (SSSR count). The van der Waals surface area contributed by atoms with Crippen molar-refractivity contribution in [3.63, 3.8) is 0 Å². The molecular weight excluding hydrogens is 443 g/mol. The molecule has 0 radical (unpaired) electrons. The zero-order valence-electron chi connectivity index (χ0n) is 16.3. The molecule has 162 valence electrons. The minimum absolute atomic E-state index is 0.0317. The predicted octanol–water partition coefficient (Wildman–Crippen LogP) is 2.10. The van der Waals surface area contributed by atoms with Crippen molar-refractivity contribution in [3.8, 4) is 0 Å². The quantitative estimate of drug-likeness (QED) is 0.413. The Morgan fingerprint density at radius 3 is 2.65 bits per heavy atom. The third kappa shape index (κ3) is 4.21. The van der Waals surface area contributed by atoms with Crippen molar-refractivity contribution in [1.29, 1.82) is 0 Å². The highest BCUT2D eigenvalue weighted by molar-refractivity contribution is 6.35. The van der Waals surface area contributed by atoms with E-state index in [9.17, 15) is 9.59 Å². The fraction of sp³-hybridized carbons (Fsp3) is 0.316. The second-order valence-corrected chi connectivity index (χ2v) is 8.15. The van der Waals surface area contributed by atoms with Gasteiger partial charge in [0, 0.05) is 13.0 Å². The van der Waals surface area contributed by atoms with Crippen molar-refractivity contribution in [2.45, 2.75) is 31.8 Å². The molecule has 0 aliphatic heterocycles. The summed E-state index contributed by atoms with van der Waals surface area (Å²) in [5.41, 5.74) is 17.0. The van der Waals surface area contributed by atoms with Crippen LogP contribution in [0.1, 0.15) is 31.1 Å². The molecule has 2 heterocycles. The molecule has 0 bridgehead atoms. The van der Waals surface area contributed by atoms with Crippen LogP contribution in [0.5, 0.6) is 0 Å². The SMILES string of the molecule is NC(=O)CCn1c([C@@H](Nc2nc(N)nc(N)c2Cl)C2CC2)nc2cccc(Cl)c2c1=O. The first-order valence-corrected chi connectivity index (χ1v) is 10.3. The van der Waals surface area contributed by atoms with Gasteiger partial charge in [-0.3, -0.25) is 14.2 Å².